The minimum Gasteiger partial charge on any atom is -0.352 e. The van der Waals surface area contributed by atoms with Crippen LogP contribution in [0.4, 0.5) is 11.4 Å². The predicted octanol–water partition coefficient (Wildman–Crippen LogP) is 4.31. The van der Waals surface area contributed by atoms with E-state index in [1.54, 1.807) is 19.1 Å². The second-order valence-electron chi connectivity index (χ2n) is 8.75. The van der Waals surface area contributed by atoms with E-state index in [4.69, 9.17) is 23.2 Å². The van der Waals surface area contributed by atoms with E-state index in [0.717, 1.165) is 16.6 Å². The third kappa shape index (κ3) is 8.05. The van der Waals surface area contributed by atoms with Crippen LogP contribution >= 0.6 is 23.2 Å². The van der Waals surface area contributed by atoms with Crippen LogP contribution in [-0.4, -0.2) is 54.9 Å². The van der Waals surface area contributed by atoms with E-state index in [9.17, 15) is 28.1 Å². The number of rotatable bonds is 11. The van der Waals surface area contributed by atoms with E-state index in [0.29, 0.717) is 22.6 Å². The summed E-state index contributed by atoms with van der Waals surface area (Å²) < 4.78 is 26.3. The topological polar surface area (TPSA) is 130 Å². The molecule has 2 aromatic rings. The van der Waals surface area contributed by atoms with Gasteiger partial charge in [-0.25, -0.2) is 8.42 Å². The summed E-state index contributed by atoms with van der Waals surface area (Å²) in [5, 5.41) is 14.8. The zero-order chi connectivity index (χ0) is 28.1. The van der Waals surface area contributed by atoms with Gasteiger partial charge in [0.1, 0.15) is 12.6 Å². The Bertz CT molecular complexity index is 1290. The standard InChI is InChI=1S/C24H30Cl2N4O6S/c1-6-16(3)27-24(32)17(4)28(13-18-8-9-19(25)11-21(18)26)23(31)14-29(37(5,35)36)22-12-20(30(33)34)10-7-15(22)2/h7-12,16-17H,6,13-14H2,1-5H3,(H,27,32)/t16-,17+/m0/s1. The molecule has 0 radical (unpaired) electrons. The number of nitrogens with one attached hydrogen (secondary N) is 1. The molecule has 0 aliphatic carbocycles. The molecular weight excluding hydrogens is 543 g/mol. The van der Waals surface area contributed by atoms with Gasteiger partial charge in [0, 0.05) is 34.8 Å². The summed E-state index contributed by atoms with van der Waals surface area (Å²) in [7, 11) is -4.05. The maximum Gasteiger partial charge on any atom is 0.271 e. The first-order chi connectivity index (χ1) is 17.1. The summed E-state index contributed by atoms with van der Waals surface area (Å²) in [6.07, 6.45) is 1.57. The molecule has 13 heteroatoms. The first kappa shape index (κ1) is 30.3. The van der Waals surface area contributed by atoms with Gasteiger partial charge in [0.15, 0.2) is 0 Å². The van der Waals surface area contributed by atoms with Crippen LogP contribution in [0.1, 0.15) is 38.3 Å². The van der Waals surface area contributed by atoms with Gasteiger partial charge in [0.25, 0.3) is 5.69 Å². The van der Waals surface area contributed by atoms with Gasteiger partial charge in [-0.15, -0.1) is 0 Å². The van der Waals surface area contributed by atoms with Gasteiger partial charge in [-0.05, 0) is 50.5 Å². The van der Waals surface area contributed by atoms with Gasteiger partial charge in [-0.3, -0.25) is 24.0 Å². The number of non-ortho nitro benzene ring substituents is 1. The van der Waals surface area contributed by atoms with Crippen molar-refractivity contribution in [2.24, 2.45) is 0 Å². The molecule has 0 aromatic heterocycles. The summed E-state index contributed by atoms with van der Waals surface area (Å²) in [6, 6.07) is 7.32. The monoisotopic (exact) mass is 572 g/mol. The fourth-order valence-electron chi connectivity index (χ4n) is 3.46. The fourth-order valence-corrected chi connectivity index (χ4v) is 4.82. The Balaban J connectivity index is 2.51. The smallest absolute Gasteiger partial charge is 0.271 e. The SMILES string of the molecule is CC[C@H](C)NC(=O)[C@@H](C)N(Cc1ccc(Cl)cc1Cl)C(=O)CN(c1cc([N+](=O)[O-])ccc1C)S(C)(=O)=O. The van der Waals surface area contributed by atoms with E-state index in [2.05, 4.69) is 5.32 Å². The van der Waals surface area contributed by atoms with Crippen molar-refractivity contribution in [3.05, 3.63) is 67.7 Å². The molecule has 2 aromatic carbocycles. The number of carbonyl (C=O) groups is 2. The number of hydrogen-bond acceptors (Lipinski definition) is 6. The Morgan fingerprint density at radius 1 is 1.14 bits per heavy atom. The second-order valence-corrected chi connectivity index (χ2v) is 11.5. The lowest BCUT2D eigenvalue weighted by Gasteiger charge is -2.32. The van der Waals surface area contributed by atoms with E-state index in [-0.39, 0.29) is 29.0 Å². The molecule has 0 aliphatic heterocycles. The highest BCUT2D eigenvalue weighted by atomic mass is 35.5. The number of hydrogen-bond donors (Lipinski definition) is 1. The maximum atomic E-state index is 13.6. The van der Waals surface area contributed by atoms with Crippen LogP contribution in [0.5, 0.6) is 0 Å². The highest BCUT2D eigenvalue weighted by Crippen LogP contribution is 2.28. The molecule has 37 heavy (non-hydrogen) atoms. The van der Waals surface area contributed by atoms with Crippen molar-refractivity contribution in [3.63, 3.8) is 0 Å². The molecule has 1 N–H and O–H groups in total. The van der Waals surface area contributed by atoms with Crippen LogP contribution in [0, 0.1) is 17.0 Å². The van der Waals surface area contributed by atoms with Gasteiger partial charge in [-0.2, -0.15) is 0 Å². The zero-order valence-corrected chi connectivity index (χ0v) is 23.5. The van der Waals surface area contributed by atoms with E-state index >= 15 is 0 Å². The molecule has 0 fully saturated rings. The number of sulfonamides is 1. The first-order valence-electron chi connectivity index (χ1n) is 11.4. The molecule has 10 nitrogen and oxygen atoms in total. The van der Waals surface area contributed by atoms with Crippen LogP contribution in [0.3, 0.4) is 0 Å². The summed E-state index contributed by atoms with van der Waals surface area (Å²) in [4.78, 5) is 38.4. The summed E-state index contributed by atoms with van der Waals surface area (Å²) in [5.41, 5.74) is 0.581. The summed E-state index contributed by atoms with van der Waals surface area (Å²) >= 11 is 12.3. The molecule has 2 amide bonds. The quantitative estimate of drug-likeness (QED) is 0.315. The predicted molar refractivity (Wildman–Crippen MR) is 144 cm³/mol. The average molecular weight is 573 g/mol. The number of aryl methyl sites for hydroxylation is 1. The lowest BCUT2D eigenvalue weighted by molar-refractivity contribution is -0.384. The number of anilines is 1. The lowest BCUT2D eigenvalue weighted by Crippen LogP contribution is -2.52. The Morgan fingerprint density at radius 2 is 1.78 bits per heavy atom. The van der Waals surface area contributed by atoms with E-state index in [1.165, 1.54) is 30.0 Å². The minimum atomic E-state index is -4.05. The van der Waals surface area contributed by atoms with Crippen molar-refractivity contribution < 1.29 is 22.9 Å². The highest BCUT2D eigenvalue weighted by molar-refractivity contribution is 7.92. The number of carbonyl (C=O) groups excluding carboxylic acids is 2. The molecule has 0 spiro atoms. The molecule has 0 bridgehead atoms. The number of halogens is 2. The molecule has 0 saturated carbocycles. The van der Waals surface area contributed by atoms with Crippen LogP contribution in [-0.2, 0) is 26.2 Å². The van der Waals surface area contributed by atoms with Gasteiger partial charge in [0.2, 0.25) is 21.8 Å². The largest absolute Gasteiger partial charge is 0.352 e. The first-order valence-corrected chi connectivity index (χ1v) is 14.0. The molecule has 0 unspecified atom stereocenters. The van der Waals surface area contributed by atoms with Crippen LogP contribution in [0.25, 0.3) is 0 Å². The molecule has 0 heterocycles. The van der Waals surface area contributed by atoms with Crippen molar-refractivity contribution in [3.8, 4) is 0 Å². The molecule has 0 aliphatic rings. The van der Waals surface area contributed by atoms with Crippen molar-refractivity contribution in [1.29, 1.82) is 0 Å². The second kappa shape index (κ2) is 12.6. The van der Waals surface area contributed by atoms with Gasteiger partial charge < -0.3 is 10.2 Å². The summed E-state index contributed by atoms with van der Waals surface area (Å²) in [5.74, 6) is -1.13. The zero-order valence-electron chi connectivity index (χ0n) is 21.2. The number of benzene rings is 2. The lowest BCUT2D eigenvalue weighted by atomic mass is 10.1. The third-order valence-electron chi connectivity index (χ3n) is 5.88. The molecule has 2 rings (SSSR count). The Morgan fingerprint density at radius 3 is 2.32 bits per heavy atom. The van der Waals surface area contributed by atoms with E-state index < -0.39 is 39.3 Å². The highest BCUT2D eigenvalue weighted by Gasteiger charge is 2.32. The Kier molecular flexibility index (Phi) is 10.3. The van der Waals surface area contributed by atoms with Crippen molar-refractivity contribution in [1.82, 2.24) is 10.2 Å². The van der Waals surface area contributed by atoms with Crippen LogP contribution in [0.15, 0.2) is 36.4 Å². The third-order valence-corrected chi connectivity index (χ3v) is 7.59. The molecule has 0 saturated heterocycles. The molecular formula is C24H30Cl2N4O6S. The average Bonchev–Trinajstić information content (AvgIpc) is 2.81. The number of nitro groups is 1. The van der Waals surface area contributed by atoms with Gasteiger partial charge in [0.05, 0.1) is 16.9 Å². The summed E-state index contributed by atoms with van der Waals surface area (Å²) in [6.45, 7) is 6.04. The minimum absolute atomic E-state index is 0.00812. The van der Waals surface area contributed by atoms with E-state index in [1.807, 2.05) is 13.8 Å². The van der Waals surface area contributed by atoms with Crippen molar-refractivity contribution in [2.75, 3.05) is 17.1 Å². The Labute approximate surface area is 226 Å². The fraction of sp³-hybridized carbons (Fsp3) is 0.417. The van der Waals surface area contributed by atoms with Gasteiger partial charge >= 0.3 is 0 Å². The maximum absolute atomic E-state index is 13.6. The van der Waals surface area contributed by atoms with Crippen molar-refractivity contribution >= 4 is 56.4 Å². The van der Waals surface area contributed by atoms with Crippen LogP contribution in [0.2, 0.25) is 10.0 Å². The Hall–Kier alpha value is -2.89. The number of amides is 2. The van der Waals surface area contributed by atoms with Crippen molar-refractivity contribution in [2.45, 2.75) is 52.7 Å². The molecule has 2 atom stereocenters. The van der Waals surface area contributed by atoms with Crippen LogP contribution < -0.4 is 9.62 Å². The number of nitrogens with zero attached hydrogens (tertiary/aromatic N) is 3. The molecule has 202 valence electrons. The normalized spacial score (nSPS) is 12.9. The van der Waals surface area contributed by atoms with Gasteiger partial charge in [-0.1, -0.05) is 42.3 Å². The number of nitro benzene ring substituents is 1.